The van der Waals surface area contributed by atoms with E-state index in [0.29, 0.717) is 43.6 Å². The third-order valence-electron chi connectivity index (χ3n) is 11.0. The average Bonchev–Trinajstić information content (AvgIpc) is 3.88. The summed E-state index contributed by atoms with van der Waals surface area (Å²) in [4.78, 5) is 20.7. The summed E-state index contributed by atoms with van der Waals surface area (Å²) < 4.78 is 11.2. The maximum atomic E-state index is 14.4. The predicted molar refractivity (Wildman–Crippen MR) is 214 cm³/mol. The van der Waals surface area contributed by atoms with Crippen LogP contribution in [0.4, 0.5) is 0 Å². The maximum Gasteiger partial charge on any atom is 0.164 e. The number of ketones is 1. The van der Waals surface area contributed by atoms with Crippen LogP contribution in [0.5, 0.6) is 23.0 Å². The number of methoxy groups -OCH3 is 2. The first-order chi connectivity index (χ1) is 26.2. The number of aromatic amines is 2. The Morgan fingerprint density at radius 1 is 0.704 bits per heavy atom. The molecule has 5 N–H and O–H groups in total. The van der Waals surface area contributed by atoms with E-state index in [4.69, 9.17) is 9.47 Å². The second kappa shape index (κ2) is 17.6. The predicted octanol–water partition coefficient (Wildman–Crippen LogP) is 8.46. The summed E-state index contributed by atoms with van der Waals surface area (Å²) in [5, 5.41) is 35.7. The number of aromatic nitrogens is 2. The number of hydrogen-bond donors (Lipinski definition) is 5. The molecule has 0 saturated carbocycles. The van der Waals surface area contributed by atoms with Crippen LogP contribution < -0.4 is 9.47 Å². The van der Waals surface area contributed by atoms with Crippen LogP contribution in [0.2, 0.25) is 0 Å². The highest BCUT2D eigenvalue weighted by Crippen LogP contribution is 2.38. The quantitative estimate of drug-likeness (QED) is 0.0605. The number of phenols is 2. The number of hydrogen-bond acceptors (Lipinski definition) is 6. The Hall–Kier alpha value is -5.47. The van der Waals surface area contributed by atoms with Crippen molar-refractivity contribution in [2.24, 2.45) is 11.8 Å². The average molecular weight is 729 g/mol. The number of aliphatic hydroxyl groups excluding tert-OH is 1. The molecule has 0 aliphatic carbocycles. The van der Waals surface area contributed by atoms with E-state index >= 15 is 0 Å². The Labute approximate surface area is 317 Å². The van der Waals surface area contributed by atoms with E-state index < -0.39 is 12.0 Å². The first-order valence-electron chi connectivity index (χ1n) is 18.9. The molecular formula is C46H52N2O6. The van der Waals surface area contributed by atoms with Gasteiger partial charge in [-0.2, -0.15) is 0 Å². The highest BCUT2D eigenvalue weighted by Gasteiger charge is 2.30. The van der Waals surface area contributed by atoms with Crippen molar-refractivity contribution in [3.63, 3.8) is 0 Å². The van der Waals surface area contributed by atoms with Crippen LogP contribution in [0.25, 0.3) is 10.8 Å². The summed E-state index contributed by atoms with van der Waals surface area (Å²) in [5.74, 6) is 0.144. The van der Waals surface area contributed by atoms with Gasteiger partial charge < -0.3 is 34.8 Å². The number of ether oxygens (including phenoxy) is 2. The maximum absolute atomic E-state index is 14.4. The fraction of sp³-hybridized carbons (Fsp3) is 0.326. The lowest BCUT2D eigenvalue weighted by molar-refractivity contribution is -0.125. The molecule has 3 atom stereocenters. The van der Waals surface area contributed by atoms with E-state index in [-0.39, 0.29) is 29.6 Å². The Kier molecular flexibility index (Phi) is 12.4. The summed E-state index contributed by atoms with van der Waals surface area (Å²) >= 11 is 0. The van der Waals surface area contributed by atoms with Gasteiger partial charge in [0.25, 0.3) is 0 Å². The molecule has 0 aliphatic rings. The molecule has 2 heterocycles. The third kappa shape index (κ3) is 8.66. The highest BCUT2D eigenvalue weighted by atomic mass is 16.5. The van der Waals surface area contributed by atoms with Gasteiger partial charge in [-0.15, -0.1) is 0 Å². The van der Waals surface area contributed by atoms with Crippen LogP contribution in [-0.4, -0.2) is 51.4 Å². The minimum atomic E-state index is -0.947. The lowest BCUT2D eigenvalue weighted by Crippen LogP contribution is -2.31. The molecule has 8 heteroatoms. The Balaban J connectivity index is 1.33. The van der Waals surface area contributed by atoms with Gasteiger partial charge in [0.05, 0.1) is 20.3 Å². The summed E-state index contributed by atoms with van der Waals surface area (Å²) in [6, 6.07) is 23.5. The van der Waals surface area contributed by atoms with Gasteiger partial charge in [-0.25, -0.2) is 0 Å². The Bertz CT molecular complexity index is 2170. The summed E-state index contributed by atoms with van der Waals surface area (Å²) in [5.41, 5.74) is 8.39. The van der Waals surface area contributed by atoms with Gasteiger partial charge in [0.2, 0.25) is 0 Å². The molecule has 0 aliphatic heterocycles. The zero-order valence-corrected chi connectivity index (χ0v) is 31.7. The zero-order valence-electron chi connectivity index (χ0n) is 31.7. The molecule has 0 fully saturated rings. The number of Topliss-reactive ketones (excluding diaryl/α,β-unsaturated/α-hetero) is 1. The van der Waals surface area contributed by atoms with E-state index in [1.54, 1.807) is 25.3 Å². The smallest absolute Gasteiger partial charge is 0.164 e. The molecular weight excluding hydrogens is 677 g/mol. The van der Waals surface area contributed by atoms with Gasteiger partial charge in [0.1, 0.15) is 5.78 Å². The van der Waals surface area contributed by atoms with Crippen molar-refractivity contribution < 1.29 is 29.6 Å². The van der Waals surface area contributed by atoms with E-state index in [1.807, 2.05) is 49.1 Å². The summed E-state index contributed by atoms with van der Waals surface area (Å²) in [6.07, 6.45) is 11.0. The number of carbonyl (C=O) groups excluding carboxylic acids is 1. The van der Waals surface area contributed by atoms with Crippen LogP contribution >= 0.6 is 0 Å². The molecule has 8 nitrogen and oxygen atoms in total. The van der Waals surface area contributed by atoms with Gasteiger partial charge in [0.15, 0.2) is 23.0 Å². The monoisotopic (exact) mass is 728 g/mol. The molecule has 3 unspecified atom stereocenters. The number of phenolic OH excluding ortho intramolecular Hbond substituents is 2. The molecule has 0 bridgehead atoms. The fourth-order valence-electron chi connectivity index (χ4n) is 7.97. The second-order valence-electron chi connectivity index (χ2n) is 14.3. The number of aryl methyl sites for hydroxylation is 2. The number of nitrogens with one attached hydrogen (secondary N) is 2. The summed E-state index contributed by atoms with van der Waals surface area (Å²) in [6.45, 7) is 4.25. The number of aliphatic hydroxyl groups is 1. The molecule has 6 aromatic rings. The van der Waals surface area contributed by atoms with Crippen molar-refractivity contribution in [1.29, 1.82) is 0 Å². The number of aromatic hydroxyl groups is 2. The van der Waals surface area contributed by atoms with Crippen LogP contribution in [0, 0.1) is 11.8 Å². The Morgan fingerprint density at radius 2 is 1.46 bits per heavy atom. The molecule has 4 aromatic carbocycles. The van der Waals surface area contributed by atoms with Crippen molar-refractivity contribution in [2.75, 3.05) is 14.2 Å². The highest BCUT2D eigenvalue weighted by molar-refractivity contribution is 5.87. The topological polar surface area (TPSA) is 128 Å². The minimum absolute atomic E-state index is 0.0191. The second-order valence-corrected chi connectivity index (χ2v) is 14.3. The molecule has 0 saturated heterocycles. The normalized spacial score (nSPS) is 13.1. The lowest BCUT2D eigenvalue weighted by atomic mass is 9.80. The van der Waals surface area contributed by atoms with E-state index in [0.717, 1.165) is 57.0 Å². The number of benzene rings is 4. The number of rotatable bonds is 18. The van der Waals surface area contributed by atoms with Crippen LogP contribution in [0.1, 0.15) is 64.8 Å². The van der Waals surface area contributed by atoms with Gasteiger partial charge in [-0.1, -0.05) is 62.4 Å². The minimum Gasteiger partial charge on any atom is -0.504 e. The van der Waals surface area contributed by atoms with Crippen LogP contribution in [0.3, 0.4) is 0 Å². The van der Waals surface area contributed by atoms with E-state index in [1.165, 1.54) is 18.2 Å². The molecule has 0 amide bonds. The van der Waals surface area contributed by atoms with Gasteiger partial charge in [0, 0.05) is 49.1 Å². The first-order valence-corrected chi connectivity index (χ1v) is 18.9. The molecule has 54 heavy (non-hydrogen) atoms. The summed E-state index contributed by atoms with van der Waals surface area (Å²) in [7, 11) is 3.09. The molecule has 282 valence electrons. The lowest BCUT2D eigenvalue weighted by Gasteiger charge is -2.26. The van der Waals surface area contributed by atoms with Gasteiger partial charge in [-0.3, -0.25) is 4.79 Å². The molecule has 2 aromatic heterocycles. The fourth-order valence-corrected chi connectivity index (χ4v) is 7.97. The van der Waals surface area contributed by atoms with E-state index in [9.17, 15) is 20.1 Å². The standard InChI is InChI=1S/C46H52N2O6/c1-5-31-12-13-33-9-7-8-10-38(33)39(31)24-40-34(14-16-42(50)46(40)54-4)22-36(20-30-17-18-47-26-30)44(52)25-43(51)35(23-37-28-48-27-32(37)6-2)19-29-11-15-41(49)45(21-29)53-3/h7-18,21,26-28,35-36,44,47-50,52H,5-6,19-20,22-25H2,1-4H3. The van der Waals surface area contributed by atoms with Crippen molar-refractivity contribution >= 4 is 16.6 Å². The molecule has 0 radical (unpaired) electrons. The SMILES string of the molecule is CCc1c[nH]cc1CC(Cc1ccc(O)c(OC)c1)C(=O)CC(O)C(Cc1cc[nH]c1)Cc1ccc(O)c(OC)c1Cc1c(CC)ccc2ccccc12. The van der Waals surface area contributed by atoms with Crippen LogP contribution in [0.15, 0.2) is 97.6 Å². The van der Waals surface area contributed by atoms with Crippen LogP contribution in [-0.2, 0) is 49.7 Å². The van der Waals surface area contributed by atoms with Crippen molar-refractivity contribution in [2.45, 2.75) is 71.3 Å². The Morgan fingerprint density at radius 3 is 2.20 bits per heavy atom. The van der Waals surface area contributed by atoms with Gasteiger partial charge >= 0.3 is 0 Å². The van der Waals surface area contributed by atoms with Crippen molar-refractivity contribution in [3.8, 4) is 23.0 Å². The largest absolute Gasteiger partial charge is 0.504 e. The molecule has 0 spiro atoms. The molecule has 6 rings (SSSR count). The third-order valence-corrected chi connectivity index (χ3v) is 11.0. The zero-order chi connectivity index (χ0) is 38.2. The number of carbonyl (C=O) groups is 1. The van der Waals surface area contributed by atoms with E-state index in [2.05, 4.69) is 54.1 Å². The first kappa shape index (κ1) is 38.3. The van der Waals surface area contributed by atoms with Crippen molar-refractivity contribution in [1.82, 2.24) is 9.97 Å². The number of H-pyrrole nitrogens is 2. The van der Waals surface area contributed by atoms with Crippen molar-refractivity contribution in [3.05, 3.63) is 142 Å². The number of fused-ring (bicyclic) bond motifs is 1. The van der Waals surface area contributed by atoms with Gasteiger partial charge in [-0.05, 0) is 118 Å².